The number of halogens is 1. The molecular weight excluding hydrogens is 478 g/mol. The molecule has 2 N–H and O–H groups in total. The van der Waals surface area contributed by atoms with Crippen LogP contribution in [0.2, 0.25) is 0 Å². The van der Waals surface area contributed by atoms with Gasteiger partial charge in [-0.1, -0.05) is 24.3 Å². The van der Waals surface area contributed by atoms with Crippen molar-refractivity contribution >= 4 is 45.2 Å². The van der Waals surface area contributed by atoms with Gasteiger partial charge in [0, 0.05) is 22.3 Å². The molecular formula is C23H18BrN3O5. The highest BCUT2D eigenvalue weighted by Crippen LogP contribution is 2.19. The molecule has 0 aromatic heterocycles. The molecule has 0 radical (unpaired) electrons. The average molecular weight is 496 g/mol. The van der Waals surface area contributed by atoms with E-state index in [4.69, 9.17) is 4.74 Å². The molecule has 0 heterocycles. The molecule has 0 aliphatic rings. The summed E-state index contributed by atoms with van der Waals surface area (Å²) in [7, 11) is 1.55. The number of carbonyl (C=O) groups excluding carboxylic acids is 2. The zero-order valence-electron chi connectivity index (χ0n) is 16.9. The number of amides is 2. The highest BCUT2D eigenvalue weighted by molar-refractivity contribution is 9.10. The molecule has 162 valence electrons. The maximum Gasteiger partial charge on any atom is 0.272 e. The van der Waals surface area contributed by atoms with E-state index in [1.54, 1.807) is 55.6 Å². The van der Waals surface area contributed by atoms with Crippen LogP contribution in [0.1, 0.15) is 15.9 Å². The third-order valence-corrected chi connectivity index (χ3v) is 5.07. The van der Waals surface area contributed by atoms with Crippen LogP contribution in [0, 0.1) is 10.1 Å². The van der Waals surface area contributed by atoms with Gasteiger partial charge in [-0.2, -0.15) is 0 Å². The number of benzene rings is 3. The van der Waals surface area contributed by atoms with Gasteiger partial charge in [0.05, 0.1) is 17.6 Å². The van der Waals surface area contributed by atoms with Gasteiger partial charge in [-0.3, -0.25) is 19.7 Å². The van der Waals surface area contributed by atoms with Crippen molar-refractivity contribution in [2.75, 3.05) is 12.4 Å². The molecule has 2 amide bonds. The lowest BCUT2D eigenvalue weighted by Crippen LogP contribution is -2.31. The lowest BCUT2D eigenvalue weighted by atomic mass is 10.1. The number of non-ortho nitro benzene ring substituents is 1. The maximum atomic E-state index is 12.9. The highest BCUT2D eigenvalue weighted by atomic mass is 79.9. The number of nitrogens with one attached hydrogen (secondary N) is 2. The number of nitro benzene ring substituents is 1. The van der Waals surface area contributed by atoms with Gasteiger partial charge in [0.25, 0.3) is 17.5 Å². The van der Waals surface area contributed by atoms with Crippen molar-refractivity contribution in [1.29, 1.82) is 0 Å². The number of nitro groups is 1. The van der Waals surface area contributed by atoms with Crippen molar-refractivity contribution in [3.8, 4) is 5.75 Å². The first-order valence-corrected chi connectivity index (χ1v) is 10.1. The summed E-state index contributed by atoms with van der Waals surface area (Å²) in [4.78, 5) is 36.0. The largest absolute Gasteiger partial charge is 0.497 e. The van der Waals surface area contributed by atoms with Crippen molar-refractivity contribution in [2.24, 2.45) is 0 Å². The molecule has 0 saturated carbocycles. The van der Waals surface area contributed by atoms with Gasteiger partial charge in [-0.25, -0.2) is 0 Å². The Morgan fingerprint density at radius 3 is 2.25 bits per heavy atom. The van der Waals surface area contributed by atoms with Crippen LogP contribution in [0.3, 0.4) is 0 Å². The van der Waals surface area contributed by atoms with Crippen LogP contribution >= 0.6 is 15.9 Å². The topological polar surface area (TPSA) is 111 Å². The number of hydrogen-bond donors (Lipinski definition) is 2. The number of rotatable bonds is 7. The number of carbonyl (C=O) groups is 2. The van der Waals surface area contributed by atoms with Crippen molar-refractivity contribution in [2.45, 2.75) is 0 Å². The predicted molar refractivity (Wildman–Crippen MR) is 124 cm³/mol. The van der Waals surface area contributed by atoms with E-state index in [2.05, 4.69) is 26.6 Å². The van der Waals surface area contributed by atoms with E-state index >= 15 is 0 Å². The lowest BCUT2D eigenvalue weighted by molar-refractivity contribution is -0.384. The summed E-state index contributed by atoms with van der Waals surface area (Å²) in [6.07, 6.45) is 1.52. The second-order valence-corrected chi connectivity index (χ2v) is 7.38. The van der Waals surface area contributed by atoms with Gasteiger partial charge in [0.15, 0.2) is 0 Å². The Kier molecular flexibility index (Phi) is 7.35. The Labute approximate surface area is 192 Å². The summed E-state index contributed by atoms with van der Waals surface area (Å²) in [6.45, 7) is 0. The molecule has 0 aliphatic heterocycles. The molecule has 0 unspecified atom stereocenters. The van der Waals surface area contributed by atoms with Crippen molar-refractivity contribution in [1.82, 2.24) is 5.32 Å². The minimum Gasteiger partial charge on any atom is -0.497 e. The summed E-state index contributed by atoms with van der Waals surface area (Å²) < 4.78 is 5.72. The quantitative estimate of drug-likeness (QED) is 0.278. The van der Waals surface area contributed by atoms with Crippen LogP contribution < -0.4 is 15.4 Å². The number of ether oxygens (including phenoxy) is 1. The van der Waals surface area contributed by atoms with E-state index in [1.165, 1.54) is 30.3 Å². The van der Waals surface area contributed by atoms with Gasteiger partial charge < -0.3 is 15.4 Å². The zero-order chi connectivity index (χ0) is 23.1. The van der Waals surface area contributed by atoms with Gasteiger partial charge >= 0.3 is 0 Å². The first kappa shape index (κ1) is 22.7. The molecule has 0 spiro atoms. The third kappa shape index (κ3) is 5.79. The van der Waals surface area contributed by atoms with Crippen molar-refractivity contribution in [3.05, 3.63) is 104 Å². The van der Waals surface area contributed by atoms with Crippen molar-refractivity contribution in [3.63, 3.8) is 0 Å². The first-order valence-electron chi connectivity index (χ1n) is 9.35. The molecule has 0 bridgehead atoms. The highest BCUT2D eigenvalue weighted by Gasteiger charge is 2.17. The zero-order valence-corrected chi connectivity index (χ0v) is 18.5. The van der Waals surface area contributed by atoms with Gasteiger partial charge in [0.2, 0.25) is 0 Å². The normalized spacial score (nSPS) is 10.9. The Morgan fingerprint density at radius 1 is 1.00 bits per heavy atom. The van der Waals surface area contributed by atoms with Gasteiger partial charge in [0.1, 0.15) is 11.4 Å². The molecule has 32 heavy (non-hydrogen) atoms. The Hall–Kier alpha value is -3.98. The molecule has 3 rings (SSSR count). The van der Waals surface area contributed by atoms with Crippen LogP contribution in [0.4, 0.5) is 11.4 Å². The molecule has 0 saturated heterocycles. The monoisotopic (exact) mass is 495 g/mol. The number of nitrogens with zero attached hydrogens (tertiary/aromatic N) is 1. The fourth-order valence-corrected chi connectivity index (χ4v) is 3.19. The van der Waals surface area contributed by atoms with E-state index < -0.39 is 16.7 Å². The Morgan fingerprint density at radius 2 is 1.66 bits per heavy atom. The van der Waals surface area contributed by atoms with E-state index in [9.17, 15) is 19.7 Å². The fraction of sp³-hybridized carbons (Fsp3) is 0.0435. The summed E-state index contributed by atoms with van der Waals surface area (Å²) in [6, 6.07) is 19.2. The van der Waals surface area contributed by atoms with Crippen molar-refractivity contribution < 1.29 is 19.2 Å². The molecule has 3 aromatic carbocycles. The third-order valence-electron chi connectivity index (χ3n) is 4.37. The van der Waals surface area contributed by atoms with Crippen LogP contribution in [0.5, 0.6) is 5.75 Å². The van der Waals surface area contributed by atoms with Gasteiger partial charge in [-0.05, 0) is 64.0 Å². The summed E-state index contributed by atoms with van der Waals surface area (Å²) in [5, 5.41) is 16.1. The maximum absolute atomic E-state index is 12.9. The molecule has 0 aliphatic carbocycles. The molecule has 3 aromatic rings. The van der Waals surface area contributed by atoms with E-state index in [-0.39, 0.29) is 11.4 Å². The minimum absolute atomic E-state index is 0.00530. The summed E-state index contributed by atoms with van der Waals surface area (Å²) >= 11 is 3.33. The number of methoxy groups -OCH3 is 1. The second kappa shape index (κ2) is 10.4. The average Bonchev–Trinajstić information content (AvgIpc) is 2.79. The lowest BCUT2D eigenvalue weighted by Gasteiger charge is -2.12. The van der Waals surface area contributed by atoms with Crippen LogP contribution in [0.15, 0.2) is 83.0 Å². The molecule has 0 atom stereocenters. The van der Waals surface area contributed by atoms with E-state index in [0.29, 0.717) is 27.0 Å². The van der Waals surface area contributed by atoms with E-state index in [1.807, 2.05) is 0 Å². The fourth-order valence-electron chi connectivity index (χ4n) is 2.73. The van der Waals surface area contributed by atoms with Gasteiger partial charge in [-0.15, -0.1) is 0 Å². The Bertz CT molecular complexity index is 1170. The smallest absolute Gasteiger partial charge is 0.272 e. The minimum atomic E-state index is -0.588. The summed E-state index contributed by atoms with van der Waals surface area (Å²) in [5.74, 6) is -0.414. The van der Waals surface area contributed by atoms with Crippen LogP contribution in [-0.2, 0) is 4.79 Å². The predicted octanol–water partition coefficient (Wildman–Crippen LogP) is 4.78. The molecule has 0 fully saturated rings. The summed E-state index contributed by atoms with van der Waals surface area (Å²) in [5.41, 5.74) is 1.26. The van der Waals surface area contributed by atoms with Crippen LogP contribution in [-0.4, -0.2) is 23.8 Å². The number of anilines is 1. The van der Waals surface area contributed by atoms with E-state index in [0.717, 1.165) is 0 Å². The first-order chi connectivity index (χ1) is 15.4. The second-order valence-electron chi connectivity index (χ2n) is 6.52. The standard InChI is InChI=1S/C23H18BrN3O5/c1-32-18-12-6-15(7-13-18)14-21(26-22(28)19-4-2-3-5-20(19)24)23(29)25-16-8-10-17(11-9-16)27(30)31/h2-14H,1H3,(H,25,29)(H,26,28)/b21-14+. The molecule has 9 heteroatoms. The molecule has 8 nitrogen and oxygen atoms in total. The SMILES string of the molecule is COc1ccc(/C=C(/NC(=O)c2ccccc2Br)C(=O)Nc2ccc([N+](=O)[O-])cc2)cc1. The Balaban J connectivity index is 1.88. The number of hydrogen-bond acceptors (Lipinski definition) is 5. The van der Waals surface area contributed by atoms with Crippen LogP contribution in [0.25, 0.3) is 6.08 Å².